The van der Waals surface area contributed by atoms with Crippen LogP contribution in [0.5, 0.6) is 5.75 Å². The molecule has 1 aromatic heterocycles. The van der Waals surface area contributed by atoms with Gasteiger partial charge in [0.15, 0.2) is 0 Å². The van der Waals surface area contributed by atoms with Crippen molar-refractivity contribution in [2.24, 2.45) is 0 Å². The second-order valence-corrected chi connectivity index (χ2v) is 6.59. The number of piperidine rings is 1. The zero-order valence-corrected chi connectivity index (χ0v) is 14.1. The first-order valence-electron chi connectivity index (χ1n) is 7.81. The lowest BCUT2D eigenvalue weighted by atomic mass is 10.1. The highest BCUT2D eigenvalue weighted by atomic mass is 79.9. The van der Waals surface area contributed by atoms with Gasteiger partial charge in [0.05, 0.1) is 18.1 Å². The van der Waals surface area contributed by atoms with Crippen molar-refractivity contribution >= 4 is 26.9 Å². The summed E-state index contributed by atoms with van der Waals surface area (Å²) in [5.74, 6) is 0.609. The molecule has 1 aliphatic heterocycles. The minimum Gasteiger partial charge on any atom is -0.492 e. The average Bonchev–Trinajstić information content (AvgIpc) is 2.52. The minimum absolute atomic E-state index is 0.378. The normalized spacial score (nSPS) is 16.0. The molecule has 0 saturated carbocycles. The average molecular weight is 366 g/mol. The number of benzene rings is 1. The van der Waals surface area contributed by atoms with Crippen LogP contribution in [0, 0.1) is 0 Å². The first kappa shape index (κ1) is 15.6. The molecular weight excluding hydrogens is 346 g/mol. The van der Waals surface area contributed by atoms with Crippen molar-refractivity contribution in [2.75, 3.05) is 26.2 Å². The van der Waals surface area contributed by atoms with E-state index in [1.165, 1.54) is 38.4 Å². The van der Waals surface area contributed by atoms with Crippen molar-refractivity contribution < 1.29 is 9.15 Å². The lowest BCUT2D eigenvalue weighted by molar-refractivity contribution is 0.205. The molecule has 4 nitrogen and oxygen atoms in total. The van der Waals surface area contributed by atoms with Crippen LogP contribution in [0.1, 0.15) is 25.7 Å². The molecular formula is C17H20BrNO3. The summed E-state index contributed by atoms with van der Waals surface area (Å²) in [6, 6.07) is 7.04. The fraction of sp³-hybridized carbons (Fsp3) is 0.471. The first-order valence-corrected chi connectivity index (χ1v) is 8.60. The molecule has 1 fully saturated rings. The maximum absolute atomic E-state index is 11.6. The second-order valence-electron chi connectivity index (χ2n) is 5.67. The Hall–Kier alpha value is -1.33. The number of hydrogen-bond donors (Lipinski definition) is 0. The number of halogens is 1. The third-order valence-electron chi connectivity index (χ3n) is 3.99. The summed E-state index contributed by atoms with van der Waals surface area (Å²) in [7, 11) is 0. The van der Waals surface area contributed by atoms with Gasteiger partial charge in [-0.25, -0.2) is 4.79 Å². The molecule has 0 unspecified atom stereocenters. The summed E-state index contributed by atoms with van der Waals surface area (Å²) in [6.07, 6.45) is 4.94. The second kappa shape index (κ2) is 7.29. The number of hydrogen-bond acceptors (Lipinski definition) is 4. The SMILES string of the molecule is O=c1cc(OCCCN2CCCCC2)c2ccc(Br)cc2o1. The van der Waals surface area contributed by atoms with Gasteiger partial charge in [-0.3, -0.25) is 0 Å². The Morgan fingerprint density at radius 2 is 2.00 bits per heavy atom. The van der Waals surface area contributed by atoms with Crippen LogP contribution in [0.4, 0.5) is 0 Å². The Balaban J connectivity index is 1.62. The van der Waals surface area contributed by atoms with Crippen LogP contribution in [-0.4, -0.2) is 31.1 Å². The van der Waals surface area contributed by atoms with Gasteiger partial charge in [-0.15, -0.1) is 0 Å². The van der Waals surface area contributed by atoms with Gasteiger partial charge in [0.1, 0.15) is 11.3 Å². The van der Waals surface area contributed by atoms with E-state index in [0.29, 0.717) is 17.9 Å². The Labute approximate surface area is 138 Å². The van der Waals surface area contributed by atoms with E-state index >= 15 is 0 Å². The van der Waals surface area contributed by atoms with Crippen LogP contribution < -0.4 is 10.4 Å². The van der Waals surface area contributed by atoms with E-state index in [2.05, 4.69) is 20.8 Å². The van der Waals surface area contributed by atoms with Gasteiger partial charge in [0.2, 0.25) is 0 Å². The zero-order chi connectivity index (χ0) is 15.4. The smallest absolute Gasteiger partial charge is 0.339 e. The highest BCUT2D eigenvalue weighted by Gasteiger charge is 2.10. The standard InChI is InChI=1S/C17H20BrNO3/c18-13-5-6-14-15(12-17(20)22-16(14)11-13)21-10-4-9-19-7-2-1-3-8-19/h5-6,11-12H,1-4,7-10H2. The topological polar surface area (TPSA) is 42.7 Å². The molecule has 1 aliphatic rings. The molecule has 2 heterocycles. The molecule has 118 valence electrons. The minimum atomic E-state index is -0.378. The molecule has 0 aliphatic carbocycles. The molecule has 0 N–H and O–H groups in total. The fourth-order valence-corrected chi connectivity index (χ4v) is 3.22. The monoisotopic (exact) mass is 365 g/mol. The molecule has 5 heteroatoms. The maximum atomic E-state index is 11.6. The van der Waals surface area contributed by atoms with Crippen LogP contribution in [0.15, 0.2) is 37.9 Å². The maximum Gasteiger partial charge on any atom is 0.339 e. The molecule has 1 saturated heterocycles. The van der Waals surface area contributed by atoms with Crippen molar-refractivity contribution in [2.45, 2.75) is 25.7 Å². The lowest BCUT2D eigenvalue weighted by Gasteiger charge is -2.26. The predicted octanol–water partition coefficient (Wildman–Crippen LogP) is 3.81. The van der Waals surface area contributed by atoms with E-state index in [4.69, 9.17) is 9.15 Å². The van der Waals surface area contributed by atoms with Crippen molar-refractivity contribution in [1.29, 1.82) is 0 Å². The molecule has 3 rings (SSSR count). The highest BCUT2D eigenvalue weighted by Crippen LogP contribution is 2.26. The van der Waals surface area contributed by atoms with E-state index < -0.39 is 0 Å². The molecule has 0 atom stereocenters. The largest absolute Gasteiger partial charge is 0.492 e. The summed E-state index contributed by atoms with van der Waals surface area (Å²) in [6.45, 7) is 4.08. The van der Waals surface area contributed by atoms with Crippen LogP contribution in [0.3, 0.4) is 0 Å². The Morgan fingerprint density at radius 1 is 1.18 bits per heavy atom. The van der Waals surface area contributed by atoms with Crippen molar-refractivity contribution in [3.05, 3.63) is 39.2 Å². The molecule has 0 radical (unpaired) electrons. The molecule has 0 amide bonds. The van der Waals surface area contributed by atoms with E-state index in [-0.39, 0.29) is 5.63 Å². The first-order chi connectivity index (χ1) is 10.7. The summed E-state index contributed by atoms with van der Waals surface area (Å²) in [5.41, 5.74) is 0.171. The van der Waals surface area contributed by atoms with Crippen LogP contribution in [0.2, 0.25) is 0 Å². The highest BCUT2D eigenvalue weighted by molar-refractivity contribution is 9.10. The molecule has 1 aromatic carbocycles. The summed E-state index contributed by atoms with van der Waals surface area (Å²) in [4.78, 5) is 14.1. The van der Waals surface area contributed by atoms with E-state index in [9.17, 15) is 4.79 Å². The van der Waals surface area contributed by atoms with Gasteiger partial charge < -0.3 is 14.1 Å². The van der Waals surface area contributed by atoms with E-state index in [1.807, 2.05) is 12.1 Å². The lowest BCUT2D eigenvalue weighted by Crippen LogP contribution is -2.31. The number of fused-ring (bicyclic) bond motifs is 1. The van der Waals surface area contributed by atoms with Crippen LogP contribution >= 0.6 is 15.9 Å². The molecule has 0 spiro atoms. The van der Waals surface area contributed by atoms with E-state index in [0.717, 1.165) is 22.8 Å². The summed E-state index contributed by atoms with van der Waals surface area (Å²) >= 11 is 3.38. The van der Waals surface area contributed by atoms with Gasteiger partial charge in [-0.2, -0.15) is 0 Å². The molecule has 22 heavy (non-hydrogen) atoms. The van der Waals surface area contributed by atoms with Gasteiger partial charge in [0, 0.05) is 11.0 Å². The third-order valence-corrected chi connectivity index (χ3v) is 4.49. The Bertz CT molecular complexity index is 692. The Kier molecular flexibility index (Phi) is 5.16. The third kappa shape index (κ3) is 3.90. The van der Waals surface area contributed by atoms with Gasteiger partial charge in [-0.05, 0) is 50.6 Å². The number of ether oxygens (including phenoxy) is 1. The number of rotatable bonds is 5. The summed E-state index contributed by atoms with van der Waals surface area (Å²) < 4.78 is 11.9. The van der Waals surface area contributed by atoms with Gasteiger partial charge in [0.25, 0.3) is 0 Å². The Morgan fingerprint density at radius 3 is 2.82 bits per heavy atom. The summed E-state index contributed by atoms with van der Waals surface area (Å²) in [5, 5.41) is 0.834. The van der Waals surface area contributed by atoms with E-state index in [1.54, 1.807) is 6.07 Å². The fourth-order valence-electron chi connectivity index (χ4n) is 2.88. The molecule has 0 bridgehead atoms. The van der Waals surface area contributed by atoms with Crippen molar-refractivity contribution in [1.82, 2.24) is 4.90 Å². The quantitative estimate of drug-likeness (QED) is 0.596. The van der Waals surface area contributed by atoms with Crippen LogP contribution in [-0.2, 0) is 0 Å². The predicted molar refractivity (Wildman–Crippen MR) is 90.6 cm³/mol. The number of nitrogens with zero attached hydrogens (tertiary/aromatic N) is 1. The number of likely N-dealkylation sites (tertiary alicyclic amines) is 1. The molecule has 2 aromatic rings. The van der Waals surface area contributed by atoms with Gasteiger partial charge >= 0.3 is 5.63 Å². The zero-order valence-electron chi connectivity index (χ0n) is 12.5. The van der Waals surface area contributed by atoms with Crippen molar-refractivity contribution in [3.8, 4) is 5.75 Å². The van der Waals surface area contributed by atoms with Gasteiger partial charge in [-0.1, -0.05) is 22.4 Å². The van der Waals surface area contributed by atoms with Crippen molar-refractivity contribution in [3.63, 3.8) is 0 Å². The van der Waals surface area contributed by atoms with Crippen LogP contribution in [0.25, 0.3) is 11.0 Å².